The number of aromatic carboxylic acids is 1. The molecule has 116 valence electrons. The molecule has 0 saturated carbocycles. The summed E-state index contributed by atoms with van der Waals surface area (Å²) in [5.41, 5.74) is 5.99. The van der Waals surface area contributed by atoms with E-state index in [1.54, 1.807) is 0 Å². The molecule has 0 radical (unpaired) electrons. The van der Waals surface area contributed by atoms with Gasteiger partial charge in [-0.15, -0.1) is 0 Å². The number of benzene rings is 1. The van der Waals surface area contributed by atoms with E-state index in [9.17, 15) is 9.18 Å². The molecular weight excluding hydrogens is 277 g/mol. The van der Waals surface area contributed by atoms with Crippen LogP contribution < -0.4 is 11.1 Å². The third-order valence-electron chi connectivity index (χ3n) is 3.44. The molecule has 0 bridgehead atoms. The maximum atomic E-state index is 13.6. The van der Waals surface area contributed by atoms with E-state index < -0.39 is 17.3 Å². The molecule has 0 aromatic heterocycles. The van der Waals surface area contributed by atoms with Crippen LogP contribution in [0.4, 0.5) is 15.8 Å². The van der Waals surface area contributed by atoms with Crippen molar-refractivity contribution in [1.82, 2.24) is 4.90 Å². The predicted molar refractivity (Wildman–Crippen MR) is 78.1 cm³/mol. The average molecular weight is 297 g/mol. The molecular formula is C14H20FN3O3. The lowest BCUT2D eigenvalue weighted by Gasteiger charge is -2.26. The molecule has 0 atom stereocenters. The number of nitrogens with two attached hydrogens (primary N) is 1. The van der Waals surface area contributed by atoms with Crippen LogP contribution in [0.1, 0.15) is 16.8 Å². The number of carboxylic acid groups (broad SMARTS) is 1. The Bertz CT molecular complexity index is 504. The minimum atomic E-state index is -1.32. The number of morpholine rings is 1. The van der Waals surface area contributed by atoms with E-state index in [-0.39, 0.29) is 5.69 Å². The van der Waals surface area contributed by atoms with Crippen LogP contribution in [0.5, 0.6) is 0 Å². The first-order chi connectivity index (χ1) is 10.1. The van der Waals surface area contributed by atoms with Crippen molar-refractivity contribution in [3.05, 3.63) is 23.5 Å². The standard InChI is InChI=1S/C14H20FN3O3/c15-11-9-13(12(16)8-10(11)14(19)20)17-2-1-3-18-4-6-21-7-5-18/h8-9,17H,1-7,16H2,(H,19,20). The Kier molecular flexibility index (Phi) is 5.35. The number of carboxylic acids is 1. The predicted octanol–water partition coefficient (Wildman–Crippen LogP) is 1.24. The molecule has 1 aromatic carbocycles. The Labute approximate surface area is 122 Å². The minimum Gasteiger partial charge on any atom is -0.478 e. The Morgan fingerprint density at radius 1 is 1.43 bits per heavy atom. The molecule has 1 saturated heterocycles. The third kappa shape index (κ3) is 4.30. The summed E-state index contributed by atoms with van der Waals surface area (Å²) in [6.45, 7) is 4.98. The van der Waals surface area contributed by atoms with E-state index in [0.29, 0.717) is 12.2 Å². The lowest BCUT2D eigenvalue weighted by molar-refractivity contribution is 0.0378. The number of nitrogens with zero attached hydrogens (tertiary/aromatic N) is 1. The minimum absolute atomic E-state index is 0.236. The molecule has 1 aromatic rings. The van der Waals surface area contributed by atoms with E-state index in [0.717, 1.165) is 51.4 Å². The summed E-state index contributed by atoms with van der Waals surface area (Å²) in [5, 5.41) is 11.9. The molecule has 0 amide bonds. The van der Waals surface area contributed by atoms with Gasteiger partial charge in [0, 0.05) is 19.6 Å². The van der Waals surface area contributed by atoms with Gasteiger partial charge in [0.15, 0.2) is 0 Å². The number of carbonyl (C=O) groups is 1. The highest BCUT2D eigenvalue weighted by atomic mass is 19.1. The second-order valence-electron chi connectivity index (χ2n) is 4.96. The topological polar surface area (TPSA) is 87.8 Å². The normalized spacial score (nSPS) is 15.9. The number of anilines is 2. The fraction of sp³-hybridized carbons (Fsp3) is 0.500. The smallest absolute Gasteiger partial charge is 0.338 e. The summed E-state index contributed by atoms with van der Waals surface area (Å²) in [6.07, 6.45) is 0.891. The third-order valence-corrected chi connectivity index (χ3v) is 3.44. The Morgan fingerprint density at radius 3 is 2.81 bits per heavy atom. The number of nitrogens with one attached hydrogen (secondary N) is 1. The van der Waals surface area contributed by atoms with Gasteiger partial charge < -0.3 is 20.9 Å². The SMILES string of the molecule is Nc1cc(C(=O)O)c(F)cc1NCCCN1CCOCC1. The number of nitrogen functional groups attached to an aromatic ring is 1. The van der Waals surface area contributed by atoms with E-state index in [1.807, 2.05) is 0 Å². The highest BCUT2D eigenvalue weighted by molar-refractivity contribution is 5.90. The van der Waals surface area contributed by atoms with E-state index in [1.165, 1.54) is 0 Å². The maximum Gasteiger partial charge on any atom is 0.338 e. The van der Waals surface area contributed by atoms with Gasteiger partial charge in [-0.25, -0.2) is 9.18 Å². The molecule has 2 rings (SSSR count). The zero-order chi connectivity index (χ0) is 15.2. The summed E-state index contributed by atoms with van der Waals surface area (Å²) in [5.74, 6) is -2.11. The van der Waals surface area contributed by atoms with Crippen molar-refractivity contribution < 1.29 is 19.0 Å². The second kappa shape index (κ2) is 7.24. The molecule has 0 unspecified atom stereocenters. The number of halogens is 1. The van der Waals surface area contributed by atoms with E-state index in [4.69, 9.17) is 15.6 Å². The van der Waals surface area contributed by atoms with Crippen molar-refractivity contribution >= 4 is 17.3 Å². The maximum absolute atomic E-state index is 13.6. The fourth-order valence-corrected chi connectivity index (χ4v) is 2.26. The van der Waals surface area contributed by atoms with Crippen LogP contribution in [0.3, 0.4) is 0 Å². The van der Waals surface area contributed by atoms with Gasteiger partial charge in [0.2, 0.25) is 0 Å². The van der Waals surface area contributed by atoms with Crippen LogP contribution >= 0.6 is 0 Å². The summed E-state index contributed by atoms with van der Waals surface area (Å²) in [4.78, 5) is 13.1. The Balaban J connectivity index is 1.82. The molecule has 1 fully saturated rings. The zero-order valence-electron chi connectivity index (χ0n) is 11.8. The van der Waals surface area contributed by atoms with Gasteiger partial charge in [-0.05, 0) is 25.1 Å². The first kappa shape index (κ1) is 15.5. The van der Waals surface area contributed by atoms with Gasteiger partial charge >= 0.3 is 5.97 Å². The average Bonchev–Trinajstić information content (AvgIpc) is 2.47. The molecule has 21 heavy (non-hydrogen) atoms. The molecule has 6 nitrogen and oxygen atoms in total. The molecule has 1 aliphatic rings. The molecule has 4 N–H and O–H groups in total. The summed E-state index contributed by atoms with van der Waals surface area (Å²) in [7, 11) is 0. The molecule has 7 heteroatoms. The van der Waals surface area contributed by atoms with Gasteiger partial charge in [-0.3, -0.25) is 4.90 Å². The Hall–Kier alpha value is -1.86. The fourth-order valence-electron chi connectivity index (χ4n) is 2.26. The largest absolute Gasteiger partial charge is 0.478 e. The lowest BCUT2D eigenvalue weighted by atomic mass is 10.1. The molecule has 0 spiro atoms. The number of hydrogen-bond acceptors (Lipinski definition) is 5. The van der Waals surface area contributed by atoms with Crippen LogP contribution in [-0.4, -0.2) is 55.4 Å². The van der Waals surface area contributed by atoms with Crippen LogP contribution in [0, 0.1) is 5.82 Å². The highest BCUT2D eigenvalue weighted by Gasteiger charge is 2.14. The lowest BCUT2D eigenvalue weighted by Crippen LogP contribution is -2.37. The summed E-state index contributed by atoms with van der Waals surface area (Å²) < 4.78 is 18.9. The van der Waals surface area contributed by atoms with Crippen molar-refractivity contribution in [2.75, 3.05) is 50.4 Å². The van der Waals surface area contributed by atoms with Crippen molar-refractivity contribution in [2.24, 2.45) is 0 Å². The second-order valence-corrected chi connectivity index (χ2v) is 4.96. The number of hydrogen-bond donors (Lipinski definition) is 3. The van der Waals surface area contributed by atoms with Crippen LogP contribution in [0.2, 0.25) is 0 Å². The van der Waals surface area contributed by atoms with Crippen molar-refractivity contribution in [2.45, 2.75) is 6.42 Å². The summed E-state index contributed by atoms with van der Waals surface area (Å²) in [6, 6.07) is 2.27. The van der Waals surface area contributed by atoms with Gasteiger partial charge in [-0.2, -0.15) is 0 Å². The monoisotopic (exact) mass is 297 g/mol. The first-order valence-corrected chi connectivity index (χ1v) is 6.94. The van der Waals surface area contributed by atoms with E-state index in [2.05, 4.69) is 10.2 Å². The van der Waals surface area contributed by atoms with Gasteiger partial charge in [0.1, 0.15) is 5.82 Å². The van der Waals surface area contributed by atoms with Crippen molar-refractivity contribution in [1.29, 1.82) is 0 Å². The van der Waals surface area contributed by atoms with E-state index >= 15 is 0 Å². The summed E-state index contributed by atoms with van der Waals surface area (Å²) >= 11 is 0. The quantitative estimate of drug-likeness (QED) is 0.541. The van der Waals surface area contributed by atoms with Crippen LogP contribution in [-0.2, 0) is 4.74 Å². The van der Waals surface area contributed by atoms with Gasteiger partial charge in [-0.1, -0.05) is 0 Å². The molecule has 1 heterocycles. The molecule has 0 aliphatic carbocycles. The highest BCUT2D eigenvalue weighted by Crippen LogP contribution is 2.23. The van der Waals surface area contributed by atoms with Crippen molar-refractivity contribution in [3.63, 3.8) is 0 Å². The van der Waals surface area contributed by atoms with Gasteiger partial charge in [0.05, 0.1) is 30.2 Å². The molecule has 1 aliphatic heterocycles. The number of rotatable bonds is 6. The van der Waals surface area contributed by atoms with Crippen LogP contribution in [0.25, 0.3) is 0 Å². The van der Waals surface area contributed by atoms with Gasteiger partial charge in [0.25, 0.3) is 0 Å². The van der Waals surface area contributed by atoms with Crippen molar-refractivity contribution in [3.8, 4) is 0 Å². The first-order valence-electron chi connectivity index (χ1n) is 6.94. The number of ether oxygens (including phenoxy) is 1. The zero-order valence-corrected chi connectivity index (χ0v) is 11.8. The van der Waals surface area contributed by atoms with Crippen LogP contribution in [0.15, 0.2) is 12.1 Å². The Morgan fingerprint density at radius 2 is 2.14 bits per heavy atom.